The zero-order chi connectivity index (χ0) is 16.0. The fourth-order valence-corrected chi connectivity index (χ4v) is 2.60. The monoisotopic (exact) mass is 305 g/mol. The van der Waals surface area contributed by atoms with Crippen molar-refractivity contribution in [1.82, 2.24) is 14.6 Å². The normalized spacial score (nSPS) is 11.1. The Bertz CT molecular complexity index is 1050. The van der Waals surface area contributed by atoms with Gasteiger partial charge in [0.15, 0.2) is 11.5 Å². The number of nitro benzene ring substituents is 1. The molecule has 112 valence electrons. The van der Waals surface area contributed by atoms with E-state index in [4.69, 9.17) is 5.73 Å². The van der Waals surface area contributed by atoms with Crippen LogP contribution in [0.1, 0.15) is 0 Å². The molecule has 2 aromatic heterocycles. The number of nitrogens with two attached hydrogens (primary N) is 1. The lowest BCUT2D eigenvalue weighted by atomic mass is 10.1. The van der Waals surface area contributed by atoms with Gasteiger partial charge < -0.3 is 5.73 Å². The molecule has 0 aliphatic carbocycles. The molecule has 0 fully saturated rings. The van der Waals surface area contributed by atoms with Crippen LogP contribution in [0.5, 0.6) is 0 Å². The van der Waals surface area contributed by atoms with Gasteiger partial charge in [0.25, 0.3) is 5.69 Å². The van der Waals surface area contributed by atoms with Crippen LogP contribution in [0.15, 0.2) is 54.7 Å². The van der Waals surface area contributed by atoms with Crippen molar-refractivity contribution < 1.29 is 4.92 Å². The molecule has 2 aromatic carbocycles. The molecule has 0 bridgehead atoms. The number of imidazole rings is 1. The van der Waals surface area contributed by atoms with Gasteiger partial charge in [-0.3, -0.25) is 10.1 Å². The average molecular weight is 305 g/mol. The van der Waals surface area contributed by atoms with Crippen molar-refractivity contribution in [2.24, 2.45) is 0 Å². The number of nitro groups is 1. The molecule has 0 atom stereocenters. The molecule has 7 nitrogen and oxygen atoms in total. The molecule has 0 unspecified atom stereocenters. The highest BCUT2D eigenvalue weighted by atomic mass is 16.6. The molecule has 2 N–H and O–H groups in total. The molecule has 4 aromatic rings. The topological polar surface area (TPSA) is 99.3 Å². The molecule has 7 heteroatoms. The maximum Gasteiger partial charge on any atom is 0.269 e. The number of anilines is 1. The lowest BCUT2D eigenvalue weighted by Gasteiger charge is -2.02. The van der Waals surface area contributed by atoms with E-state index in [0.717, 1.165) is 16.3 Å². The number of benzene rings is 2. The number of hydrogen-bond donors (Lipinski definition) is 1. The van der Waals surface area contributed by atoms with Gasteiger partial charge in [-0.1, -0.05) is 24.3 Å². The fraction of sp³-hybridized carbons (Fsp3) is 0. The van der Waals surface area contributed by atoms with Gasteiger partial charge in [0.1, 0.15) is 0 Å². The summed E-state index contributed by atoms with van der Waals surface area (Å²) in [6, 6.07) is 13.9. The summed E-state index contributed by atoms with van der Waals surface area (Å²) >= 11 is 0. The quantitative estimate of drug-likeness (QED) is 0.453. The van der Waals surface area contributed by atoms with Crippen LogP contribution in [0.3, 0.4) is 0 Å². The van der Waals surface area contributed by atoms with Gasteiger partial charge >= 0.3 is 0 Å². The van der Waals surface area contributed by atoms with Crippen molar-refractivity contribution in [1.29, 1.82) is 0 Å². The Kier molecular flexibility index (Phi) is 2.74. The van der Waals surface area contributed by atoms with Crippen LogP contribution in [0.25, 0.3) is 27.7 Å². The van der Waals surface area contributed by atoms with E-state index in [0.29, 0.717) is 17.2 Å². The van der Waals surface area contributed by atoms with E-state index >= 15 is 0 Å². The van der Waals surface area contributed by atoms with E-state index in [1.807, 2.05) is 24.3 Å². The van der Waals surface area contributed by atoms with Crippen LogP contribution >= 0.6 is 0 Å². The van der Waals surface area contributed by atoms with Crippen LogP contribution in [-0.2, 0) is 0 Å². The molecule has 0 aliphatic heterocycles. The summed E-state index contributed by atoms with van der Waals surface area (Å²) in [7, 11) is 0. The lowest BCUT2D eigenvalue weighted by molar-refractivity contribution is -0.384. The summed E-state index contributed by atoms with van der Waals surface area (Å²) < 4.78 is 1.63. The highest BCUT2D eigenvalue weighted by Gasteiger charge is 2.12. The number of aromatic nitrogens is 3. The smallest absolute Gasteiger partial charge is 0.269 e. The van der Waals surface area contributed by atoms with Crippen molar-refractivity contribution in [3.63, 3.8) is 0 Å². The van der Waals surface area contributed by atoms with E-state index < -0.39 is 4.92 Å². The molecule has 0 amide bonds. The Hall–Kier alpha value is -3.48. The minimum Gasteiger partial charge on any atom is -0.382 e. The lowest BCUT2D eigenvalue weighted by Crippen LogP contribution is -1.98. The summed E-state index contributed by atoms with van der Waals surface area (Å²) in [6.45, 7) is 0. The Labute approximate surface area is 130 Å². The Morgan fingerprint density at radius 2 is 1.74 bits per heavy atom. The molecule has 0 spiro atoms. The first-order valence-electron chi connectivity index (χ1n) is 6.92. The first-order valence-corrected chi connectivity index (χ1v) is 6.92. The average Bonchev–Trinajstić information content (AvgIpc) is 2.99. The highest BCUT2D eigenvalue weighted by Crippen LogP contribution is 2.27. The van der Waals surface area contributed by atoms with E-state index in [2.05, 4.69) is 10.1 Å². The van der Waals surface area contributed by atoms with Crippen molar-refractivity contribution in [2.75, 3.05) is 5.73 Å². The molecular weight excluding hydrogens is 294 g/mol. The van der Waals surface area contributed by atoms with Crippen molar-refractivity contribution in [3.8, 4) is 11.3 Å². The predicted octanol–water partition coefficient (Wildman–Crippen LogP) is 3.04. The fourth-order valence-electron chi connectivity index (χ4n) is 2.60. The van der Waals surface area contributed by atoms with Gasteiger partial charge in [0.2, 0.25) is 0 Å². The molecule has 0 saturated carbocycles. The van der Waals surface area contributed by atoms with E-state index in [1.54, 1.807) is 22.8 Å². The zero-order valence-electron chi connectivity index (χ0n) is 11.9. The Morgan fingerprint density at radius 3 is 2.43 bits per heavy atom. The van der Waals surface area contributed by atoms with Gasteiger partial charge in [0, 0.05) is 28.5 Å². The second kappa shape index (κ2) is 4.77. The maximum absolute atomic E-state index is 10.7. The number of fused-ring (bicyclic) bond motifs is 3. The largest absolute Gasteiger partial charge is 0.382 e. The summed E-state index contributed by atoms with van der Waals surface area (Å²) in [5, 5.41) is 16.8. The Morgan fingerprint density at radius 1 is 1.04 bits per heavy atom. The number of nitrogen functional groups attached to an aromatic ring is 1. The summed E-state index contributed by atoms with van der Waals surface area (Å²) in [6.07, 6.45) is 1.76. The van der Waals surface area contributed by atoms with Gasteiger partial charge in [-0.15, -0.1) is 5.10 Å². The standard InChI is InChI=1S/C16H11N5O2/c17-15-12-3-1-2-4-13(12)16-18-14(9-20(16)19-15)10-5-7-11(8-6-10)21(22)23/h1-9H,(H2,17,19). The number of rotatable bonds is 2. The molecule has 23 heavy (non-hydrogen) atoms. The van der Waals surface area contributed by atoms with Crippen LogP contribution in [0, 0.1) is 10.1 Å². The van der Waals surface area contributed by atoms with Crippen molar-refractivity contribution in [2.45, 2.75) is 0 Å². The van der Waals surface area contributed by atoms with E-state index in [9.17, 15) is 10.1 Å². The van der Waals surface area contributed by atoms with E-state index in [1.165, 1.54) is 12.1 Å². The third-order valence-corrected chi connectivity index (χ3v) is 3.72. The number of non-ortho nitro benzene ring substituents is 1. The second-order valence-electron chi connectivity index (χ2n) is 5.13. The van der Waals surface area contributed by atoms with Crippen LogP contribution in [0.2, 0.25) is 0 Å². The summed E-state index contributed by atoms with van der Waals surface area (Å²) in [5.74, 6) is 0.431. The SMILES string of the molecule is Nc1nn2cc(-c3ccc([N+](=O)[O-])cc3)nc2c2ccccc12. The van der Waals surface area contributed by atoms with Gasteiger partial charge in [-0.2, -0.15) is 0 Å². The molecule has 0 saturated heterocycles. The minimum absolute atomic E-state index is 0.0466. The van der Waals surface area contributed by atoms with Crippen LogP contribution < -0.4 is 5.73 Å². The van der Waals surface area contributed by atoms with Crippen molar-refractivity contribution >= 4 is 27.9 Å². The van der Waals surface area contributed by atoms with Gasteiger partial charge in [-0.25, -0.2) is 9.50 Å². The van der Waals surface area contributed by atoms with Crippen LogP contribution in [0.4, 0.5) is 11.5 Å². The Balaban J connectivity index is 1.92. The first kappa shape index (κ1) is 13.2. The zero-order valence-corrected chi connectivity index (χ0v) is 11.9. The molecule has 4 rings (SSSR count). The number of nitrogens with zero attached hydrogens (tertiary/aromatic N) is 4. The molecule has 0 radical (unpaired) electrons. The highest BCUT2D eigenvalue weighted by molar-refractivity contribution is 5.99. The first-order chi connectivity index (χ1) is 11.1. The van der Waals surface area contributed by atoms with Crippen LogP contribution in [-0.4, -0.2) is 19.5 Å². The molecule has 2 heterocycles. The maximum atomic E-state index is 10.7. The van der Waals surface area contributed by atoms with Gasteiger partial charge in [0.05, 0.1) is 16.8 Å². The predicted molar refractivity (Wildman–Crippen MR) is 87.0 cm³/mol. The minimum atomic E-state index is -0.427. The molecular formula is C16H11N5O2. The van der Waals surface area contributed by atoms with E-state index in [-0.39, 0.29) is 5.69 Å². The summed E-state index contributed by atoms with van der Waals surface area (Å²) in [4.78, 5) is 14.9. The third-order valence-electron chi connectivity index (χ3n) is 3.72. The van der Waals surface area contributed by atoms with Crippen molar-refractivity contribution in [3.05, 3.63) is 64.8 Å². The summed E-state index contributed by atoms with van der Waals surface area (Å²) in [5.41, 5.74) is 8.20. The molecule has 0 aliphatic rings. The third kappa shape index (κ3) is 2.06. The number of hydrogen-bond acceptors (Lipinski definition) is 5. The second-order valence-corrected chi connectivity index (χ2v) is 5.13. The van der Waals surface area contributed by atoms with Gasteiger partial charge in [-0.05, 0) is 12.1 Å².